The van der Waals surface area contributed by atoms with Crippen LogP contribution in [-0.4, -0.2) is 39.6 Å². The van der Waals surface area contributed by atoms with E-state index in [-0.39, 0.29) is 5.91 Å². The third-order valence-corrected chi connectivity index (χ3v) is 3.39. The molecule has 4 nitrogen and oxygen atoms in total. The highest BCUT2D eigenvalue weighted by Crippen LogP contribution is 2.34. The number of fused-ring (bicyclic) bond motifs is 1. The standard InChI is InChI=1S/C12H16BrN3O/c1-14-5-6-16-10-4-3-9(13)7-11(10)15(2)8-12(16)17/h3-4,7,14H,5-6,8H2,1-2H3. The van der Waals surface area contributed by atoms with E-state index >= 15 is 0 Å². The number of rotatable bonds is 3. The molecule has 0 aromatic heterocycles. The van der Waals surface area contributed by atoms with Crippen LogP contribution in [0.25, 0.3) is 0 Å². The third-order valence-electron chi connectivity index (χ3n) is 2.90. The van der Waals surface area contributed by atoms with Crippen LogP contribution in [0.15, 0.2) is 22.7 Å². The van der Waals surface area contributed by atoms with Crippen molar-refractivity contribution in [1.29, 1.82) is 0 Å². The molecule has 0 atom stereocenters. The number of carbonyl (C=O) groups excluding carboxylic acids is 1. The van der Waals surface area contributed by atoms with E-state index in [4.69, 9.17) is 0 Å². The van der Waals surface area contributed by atoms with E-state index in [1.54, 1.807) is 0 Å². The molecular weight excluding hydrogens is 282 g/mol. The molecule has 0 saturated carbocycles. The summed E-state index contributed by atoms with van der Waals surface area (Å²) in [6.07, 6.45) is 0. The molecule has 0 unspecified atom stereocenters. The summed E-state index contributed by atoms with van der Waals surface area (Å²) in [4.78, 5) is 15.8. The Morgan fingerprint density at radius 3 is 2.88 bits per heavy atom. The Hall–Kier alpha value is -1.07. The van der Waals surface area contributed by atoms with Crippen LogP contribution in [0.3, 0.4) is 0 Å². The lowest BCUT2D eigenvalue weighted by Crippen LogP contribution is -2.46. The van der Waals surface area contributed by atoms with Gasteiger partial charge in [0.05, 0.1) is 17.9 Å². The lowest BCUT2D eigenvalue weighted by atomic mass is 10.1. The number of halogens is 1. The smallest absolute Gasteiger partial charge is 0.246 e. The molecule has 1 heterocycles. The number of nitrogens with one attached hydrogen (secondary N) is 1. The van der Waals surface area contributed by atoms with Crippen molar-refractivity contribution in [1.82, 2.24) is 5.32 Å². The third kappa shape index (κ3) is 2.45. The molecule has 1 aliphatic heterocycles. The van der Waals surface area contributed by atoms with Crippen molar-refractivity contribution in [2.24, 2.45) is 0 Å². The minimum absolute atomic E-state index is 0.151. The molecule has 1 aromatic rings. The number of nitrogens with zero attached hydrogens (tertiary/aromatic N) is 2. The SMILES string of the molecule is CNCCN1C(=O)CN(C)c2cc(Br)ccc21. The molecule has 0 fully saturated rings. The van der Waals surface area contributed by atoms with Crippen LogP contribution >= 0.6 is 15.9 Å². The zero-order chi connectivity index (χ0) is 12.4. The Morgan fingerprint density at radius 1 is 1.41 bits per heavy atom. The summed E-state index contributed by atoms with van der Waals surface area (Å²) >= 11 is 3.46. The average molecular weight is 298 g/mol. The summed E-state index contributed by atoms with van der Waals surface area (Å²) in [6.45, 7) is 1.94. The van der Waals surface area contributed by atoms with Gasteiger partial charge in [-0.15, -0.1) is 0 Å². The number of anilines is 2. The second kappa shape index (κ2) is 5.06. The highest BCUT2D eigenvalue weighted by molar-refractivity contribution is 9.10. The predicted octanol–water partition coefficient (Wildman–Crippen LogP) is 1.45. The normalized spacial score (nSPS) is 15.1. The quantitative estimate of drug-likeness (QED) is 0.917. The van der Waals surface area contributed by atoms with Gasteiger partial charge < -0.3 is 15.1 Å². The first kappa shape index (κ1) is 12.4. The fourth-order valence-corrected chi connectivity index (χ4v) is 2.36. The van der Waals surface area contributed by atoms with Gasteiger partial charge in [0.25, 0.3) is 0 Å². The second-order valence-electron chi connectivity index (χ2n) is 4.14. The van der Waals surface area contributed by atoms with Gasteiger partial charge in [-0.1, -0.05) is 15.9 Å². The van der Waals surface area contributed by atoms with E-state index in [1.807, 2.05) is 42.1 Å². The van der Waals surface area contributed by atoms with Crippen molar-refractivity contribution in [3.8, 4) is 0 Å². The van der Waals surface area contributed by atoms with Gasteiger partial charge in [-0.05, 0) is 25.2 Å². The molecule has 5 heteroatoms. The van der Waals surface area contributed by atoms with Crippen LogP contribution in [0, 0.1) is 0 Å². The molecule has 0 aliphatic carbocycles. The van der Waals surface area contributed by atoms with Crippen molar-refractivity contribution in [3.05, 3.63) is 22.7 Å². The van der Waals surface area contributed by atoms with Gasteiger partial charge >= 0.3 is 0 Å². The monoisotopic (exact) mass is 297 g/mol. The fourth-order valence-electron chi connectivity index (χ4n) is 2.01. The topological polar surface area (TPSA) is 35.6 Å². The number of amides is 1. The average Bonchev–Trinajstić information content (AvgIpc) is 2.29. The molecular formula is C12H16BrN3O. The van der Waals surface area contributed by atoms with Crippen LogP contribution < -0.4 is 15.1 Å². The summed E-state index contributed by atoms with van der Waals surface area (Å²) in [5, 5.41) is 3.07. The molecule has 1 N–H and O–H groups in total. The van der Waals surface area contributed by atoms with Crippen molar-refractivity contribution in [3.63, 3.8) is 0 Å². The summed E-state index contributed by atoms with van der Waals surface area (Å²) in [7, 11) is 3.83. The number of hydrogen-bond acceptors (Lipinski definition) is 3. The second-order valence-corrected chi connectivity index (χ2v) is 5.05. The van der Waals surface area contributed by atoms with Crippen LogP contribution in [0.2, 0.25) is 0 Å². The van der Waals surface area contributed by atoms with Crippen LogP contribution in [0.5, 0.6) is 0 Å². The van der Waals surface area contributed by atoms with Gasteiger partial charge in [0.2, 0.25) is 5.91 Å². The summed E-state index contributed by atoms with van der Waals surface area (Å²) in [5.74, 6) is 0.151. The lowest BCUT2D eigenvalue weighted by molar-refractivity contribution is -0.117. The number of likely N-dealkylation sites (N-methyl/N-ethyl adjacent to an activating group) is 2. The molecule has 0 spiro atoms. The van der Waals surface area contributed by atoms with E-state index in [0.717, 1.165) is 22.4 Å². The summed E-state index contributed by atoms with van der Waals surface area (Å²) in [6, 6.07) is 6.01. The van der Waals surface area contributed by atoms with Crippen molar-refractivity contribution in [2.45, 2.75) is 0 Å². The molecule has 1 aromatic carbocycles. The summed E-state index contributed by atoms with van der Waals surface area (Å²) < 4.78 is 1.03. The maximum absolute atomic E-state index is 12.0. The van der Waals surface area contributed by atoms with E-state index < -0.39 is 0 Å². The molecule has 2 rings (SSSR count). The minimum Gasteiger partial charge on any atom is -0.364 e. The molecule has 1 aliphatic rings. The first-order chi connectivity index (χ1) is 8.13. The van der Waals surface area contributed by atoms with Crippen LogP contribution in [0.4, 0.5) is 11.4 Å². The Morgan fingerprint density at radius 2 is 2.18 bits per heavy atom. The number of benzene rings is 1. The summed E-state index contributed by atoms with van der Waals surface area (Å²) in [5.41, 5.74) is 2.08. The molecule has 1 amide bonds. The Bertz CT molecular complexity index is 436. The first-order valence-electron chi connectivity index (χ1n) is 5.59. The van der Waals surface area contributed by atoms with Gasteiger partial charge in [-0.3, -0.25) is 4.79 Å². The van der Waals surface area contributed by atoms with Crippen molar-refractivity contribution < 1.29 is 4.79 Å². The lowest BCUT2D eigenvalue weighted by Gasteiger charge is -2.35. The Balaban J connectivity index is 2.36. The highest BCUT2D eigenvalue weighted by Gasteiger charge is 2.26. The van der Waals surface area contributed by atoms with Gasteiger partial charge in [0.15, 0.2) is 0 Å². The maximum Gasteiger partial charge on any atom is 0.246 e. The Kier molecular flexibility index (Phi) is 3.69. The van der Waals surface area contributed by atoms with Crippen LogP contribution in [0.1, 0.15) is 0 Å². The maximum atomic E-state index is 12.0. The van der Waals surface area contributed by atoms with Gasteiger partial charge in [-0.25, -0.2) is 0 Å². The largest absolute Gasteiger partial charge is 0.364 e. The zero-order valence-corrected chi connectivity index (χ0v) is 11.6. The van der Waals surface area contributed by atoms with Gasteiger partial charge in [0.1, 0.15) is 0 Å². The van der Waals surface area contributed by atoms with E-state index in [2.05, 4.69) is 21.2 Å². The molecule has 0 saturated heterocycles. The highest BCUT2D eigenvalue weighted by atomic mass is 79.9. The van der Waals surface area contributed by atoms with E-state index in [0.29, 0.717) is 13.1 Å². The zero-order valence-electron chi connectivity index (χ0n) is 10.0. The molecule has 17 heavy (non-hydrogen) atoms. The van der Waals surface area contributed by atoms with Crippen molar-refractivity contribution in [2.75, 3.05) is 43.5 Å². The minimum atomic E-state index is 0.151. The first-order valence-corrected chi connectivity index (χ1v) is 6.38. The fraction of sp³-hybridized carbons (Fsp3) is 0.417. The molecule has 0 radical (unpaired) electrons. The molecule has 92 valence electrons. The van der Waals surface area contributed by atoms with Crippen molar-refractivity contribution >= 4 is 33.2 Å². The number of hydrogen-bond donors (Lipinski definition) is 1. The molecule has 0 bridgehead atoms. The van der Waals surface area contributed by atoms with E-state index in [9.17, 15) is 4.79 Å². The Labute approximate surface area is 110 Å². The van der Waals surface area contributed by atoms with Gasteiger partial charge in [0, 0.05) is 24.6 Å². The van der Waals surface area contributed by atoms with Gasteiger partial charge in [-0.2, -0.15) is 0 Å². The van der Waals surface area contributed by atoms with Crippen LogP contribution in [-0.2, 0) is 4.79 Å². The predicted molar refractivity (Wildman–Crippen MR) is 73.7 cm³/mol. The number of carbonyl (C=O) groups is 1. The van der Waals surface area contributed by atoms with E-state index in [1.165, 1.54) is 0 Å².